The van der Waals surface area contributed by atoms with Crippen molar-refractivity contribution in [3.05, 3.63) is 87.7 Å². The summed E-state index contributed by atoms with van der Waals surface area (Å²) in [5.74, 6) is -3.15. The molecule has 1 heterocycles. The van der Waals surface area contributed by atoms with E-state index in [1.807, 2.05) is 0 Å². The number of thiazole rings is 1. The van der Waals surface area contributed by atoms with Crippen LogP contribution < -0.4 is 9.52 Å². The van der Waals surface area contributed by atoms with Gasteiger partial charge in [0.15, 0.2) is 10.6 Å². The summed E-state index contributed by atoms with van der Waals surface area (Å²) >= 11 is 6.63. The first-order valence-electron chi connectivity index (χ1n) is 10.7. The van der Waals surface area contributed by atoms with Gasteiger partial charge >= 0.3 is 5.97 Å². The number of ether oxygens (including phenoxy) is 1. The third kappa shape index (κ3) is 6.04. The van der Waals surface area contributed by atoms with Crippen molar-refractivity contribution in [2.75, 3.05) is 11.3 Å². The molecule has 1 amide bonds. The molecule has 0 aliphatic rings. The van der Waals surface area contributed by atoms with Crippen molar-refractivity contribution in [2.45, 2.75) is 18.4 Å². The summed E-state index contributed by atoms with van der Waals surface area (Å²) in [6, 6.07) is 12.8. The first kappa shape index (κ1) is 26.5. The normalized spacial score (nSPS) is 12.1. The summed E-state index contributed by atoms with van der Waals surface area (Å²) in [4.78, 5) is 28.9. The van der Waals surface area contributed by atoms with Gasteiger partial charge in [0.1, 0.15) is 12.4 Å². The van der Waals surface area contributed by atoms with Crippen LogP contribution in [0.15, 0.2) is 70.6 Å². The van der Waals surface area contributed by atoms with Gasteiger partial charge in [0.2, 0.25) is 0 Å². The van der Waals surface area contributed by atoms with Gasteiger partial charge in [-0.3, -0.25) is 14.3 Å². The van der Waals surface area contributed by atoms with Crippen LogP contribution in [0, 0.1) is 11.6 Å². The smallest absolute Gasteiger partial charge is 0.326 e. The summed E-state index contributed by atoms with van der Waals surface area (Å²) in [5, 5.41) is 0.389. The average Bonchev–Trinajstić information content (AvgIpc) is 3.16. The third-order valence-electron chi connectivity index (χ3n) is 4.99. The molecule has 0 spiro atoms. The minimum Gasteiger partial charge on any atom is -0.465 e. The van der Waals surface area contributed by atoms with E-state index in [9.17, 15) is 26.8 Å². The standard InChI is InChI=1S/C24H18ClF2N3O5S2/c1-2-35-21(31)13-30-22-19(27)11-16(26)12-20(22)36-24(30)28-23(32)14-3-7-17(8-4-14)29-37(33,34)18-9-5-15(25)6-10-18/h3-12,29H,2,13H2,1H3. The second-order valence-electron chi connectivity index (χ2n) is 7.56. The number of nitrogens with zero attached hydrogens (tertiary/aromatic N) is 2. The highest BCUT2D eigenvalue weighted by Gasteiger charge is 2.18. The molecule has 0 saturated carbocycles. The van der Waals surface area contributed by atoms with E-state index in [2.05, 4.69) is 9.71 Å². The molecule has 37 heavy (non-hydrogen) atoms. The number of benzene rings is 3. The molecular formula is C24H18ClF2N3O5S2. The minimum absolute atomic E-state index is 0.00615. The maximum absolute atomic E-state index is 14.5. The lowest BCUT2D eigenvalue weighted by Crippen LogP contribution is -2.23. The number of carbonyl (C=O) groups is 2. The Labute approximate surface area is 218 Å². The first-order valence-corrected chi connectivity index (χ1v) is 13.4. The number of sulfonamides is 1. The zero-order valence-electron chi connectivity index (χ0n) is 19.1. The second kappa shape index (κ2) is 10.8. The molecule has 0 radical (unpaired) electrons. The van der Waals surface area contributed by atoms with Crippen molar-refractivity contribution < 1.29 is 31.5 Å². The molecule has 0 unspecified atom stereocenters. The first-order chi connectivity index (χ1) is 17.6. The van der Waals surface area contributed by atoms with Crippen LogP contribution in [-0.4, -0.2) is 31.5 Å². The van der Waals surface area contributed by atoms with E-state index in [0.29, 0.717) is 11.1 Å². The minimum atomic E-state index is -3.88. The Balaban J connectivity index is 1.64. The van der Waals surface area contributed by atoms with E-state index in [1.165, 1.54) is 48.5 Å². The fraction of sp³-hybridized carbons (Fsp3) is 0.125. The van der Waals surface area contributed by atoms with Gasteiger partial charge in [-0.25, -0.2) is 17.2 Å². The molecule has 8 nitrogen and oxygen atoms in total. The van der Waals surface area contributed by atoms with E-state index < -0.39 is 40.1 Å². The lowest BCUT2D eigenvalue weighted by molar-refractivity contribution is -0.143. The summed E-state index contributed by atoms with van der Waals surface area (Å²) < 4.78 is 62.0. The predicted molar refractivity (Wildman–Crippen MR) is 135 cm³/mol. The Morgan fingerprint density at radius 3 is 2.41 bits per heavy atom. The lowest BCUT2D eigenvalue weighted by atomic mass is 10.2. The van der Waals surface area contributed by atoms with E-state index in [-0.39, 0.29) is 37.8 Å². The Morgan fingerprint density at radius 1 is 1.08 bits per heavy atom. The maximum atomic E-state index is 14.5. The van der Waals surface area contributed by atoms with Crippen LogP contribution in [0.4, 0.5) is 14.5 Å². The van der Waals surface area contributed by atoms with Crippen LogP contribution in [0.25, 0.3) is 10.2 Å². The molecule has 0 saturated heterocycles. The number of fused-ring (bicyclic) bond motifs is 1. The second-order valence-corrected chi connectivity index (χ2v) is 10.7. The summed E-state index contributed by atoms with van der Waals surface area (Å²) in [6.07, 6.45) is 0. The van der Waals surface area contributed by atoms with Crippen LogP contribution >= 0.6 is 22.9 Å². The zero-order chi connectivity index (χ0) is 26.7. The molecular weight excluding hydrogens is 548 g/mol. The number of rotatable bonds is 7. The Morgan fingerprint density at radius 2 is 1.76 bits per heavy atom. The van der Waals surface area contributed by atoms with Gasteiger partial charge in [0.25, 0.3) is 15.9 Å². The number of hydrogen-bond donors (Lipinski definition) is 1. The molecule has 192 valence electrons. The largest absolute Gasteiger partial charge is 0.465 e. The summed E-state index contributed by atoms with van der Waals surface area (Å²) in [5.41, 5.74) is 0.211. The van der Waals surface area contributed by atoms with Gasteiger partial charge in [-0.1, -0.05) is 22.9 Å². The topological polar surface area (TPSA) is 107 Å². The van der Waals surface area contributed by atoms with Gasteiger partial charge in [0.05, 0.1) is 21.7 Å². The third-order valence-corrected chi connectivity index (χ3v) is 7.67. The van der Waals surface area contributed by atoms with Crippen molar-refractivity contribution >= 4 is 60.7 Å². The number of halogens is 3. The lowest BCUT2D eigenvalue weighted by Gasteiger charge is -2.08. The highest BCUT2D eigenvalue weighted by atomic mass is 35.5. The molecule has 3 aromatic carbocycles. The van der Waals surface area contributed by atoms with Gasteiger partial charge in [-0.2, -0.15) is 4.99 Å². The fourth-order valence-electron chi connectivity index (χ4n) is 3.36. The van der Waals surface area contributed by atoms with E-state index in [1.54, 1.807) is 6.92 Å². The molecule has 1 N–H and O–H groups in total. The predicted octanol–water partition coefficient (Wildman–Crippen LogP) is 4.74. The quantitative estimate of drug-likeness (QED) is 0.326. The Kier molecular flexibility index (Phi) is 7.71. The van der Waals surface area contributed by atoms with E-state index in [0.717, 1.165) is 22.0 Å². The number of hydrogen-bond acceptors (Lipinski definition) is 6. The number of carbonyl (C=O) groups excluding carboxylic acids is 2. The molecule has 0 aliphatic carbocycles. The highest BCUT2D eigenvalue weighted by Crippen LogP contribution is 2.23. The van der Waals surface area contributed by atoms with Gasteiger partial charge < -0.3 is 9.30 Å². The zero-order valence-corrected chi connectivity index (χ0v) is 21.5. The van der Waals surface area contributed by atoms with Crippen molar-refractivity contribution in [3.8, 4) is 0 Å². The molecule has 0 aliphatic heterocycles. The monoisotopic (exact) mass is 565 g/mol. The molecule has 1 aromatic heterocycles. The molecule has 4 rings (SSSR count). The van der Waals surface area contributed by atoms with Gasteiger partial charge in [0, 0.05) is 22.3 Å². The fourth-order valence-corrected chi connectivity index (χ4v) is 5.61. The number of nitrogens with one attached hydrogen (secondary N) is 1. The van der Waals surface area contributed by atoms with Crippen molar-refractivity contribution in [1.29, 1.82) is 0 Å². The van der Waals surface area contributed by atoms with Crippen LogP contribution in [0.1, 0.15) is 17.3 Å². The molecule has 0 fully saturated rings. The highest BCUT2D eigenvalue weighted by molar-refractivity contribution is 7.92. The average molecular weight is 566 g/mol. The summed E-state index contributed by atoms with van der Waals surface area (Å²) in [6.45, 7) is 1.27. The molecule has 0 bridgehead atoms. The molecule has 13 heteroatoms. The van der Waals surface area contributed by atoms with Crippen LogP contribution in [0.3, 0.4) is 0 Å². The number of amides is 1. The SMILES string of the molecule is CCOC(=O)Cn1c(=NC(=O)c2ccc(NS(=O)(=O)c3ccc(Cl)cc3)cc2)sc2cc(F)cc(F)c21. The molecule has 0 atom stereocenters. The Bertz CT molecular complexity index is 1670. The number of anilines is 1. The van der Waals surface area contributed by atoms with Crippen LogP contribution in [0.5, 0.6) is 0 Å². The van der Waals surface area contributed by atoms with Gasteiger partial charge in [-0.15, -0.1) is 0 Å². The number of aromatic nitrogens is 1. The van der Waals surface area contributed by atoms with E-state index >= 15 is 0 Å². The summed E-state index contributed by atoms with van der Waals surface area (Å²) in [7, 11) is -3.88. The molecule has 4 aromatic rings. The maximum Gasteiger partial charge on any atom is 0.326 e. The van der Waals surface area contributed by atoms with E-state index in [4.69, 9.17) is 16.3 Å². The number of esters is 1. The van der Waals surface area contributed by atoms with Crippen LogP contribution in [0.2, 0.25) is 5.02 Å². The van der Waals surface area contributed by atoms with Crippen molar-refractivity contribution in [3.63, 3.8) is 0 Å². The van der Waals surface area contributed by atoms with Crippen molar-refractivity contribution in [1.82, 2.24) is 4.57 Å². The van der Waals surface area contributed by atoms with Gasteiger partial charge in [-0.05, 0) is 61.5 Å². The Hall–Kier alpha value is -3.61. The van der Waals surface area contributed by atoms with Crippen molar-refractivity contribution in [2.24, 2.45) is 4.99 Å². The van der Waals surface area contributed by atoms with Crippen LogP contribution in [-0.2, 0) is 26.1 Å².